The van der Waals surface area contributed by atoms with Crippen molar-refractivity contribution in [3.63, 3.8) is 0 Å². The van der Waals surface area contributed by atoms with Gasteiger partial charge in [-0.1, -0.05) is 42.5 Å². The van der Waals surface area contributed by atoms with Crippen molar-refractivity contribution in [3.05, 3.63) is 65.2 Å². The van der Waals surface area contributed by atoms with Gasteiger partial charge in [-0.15, -0.1) is 0 Å². The first-order valence-electron chi connectivity index (χ1n) is 6.06. The molecule has 2 aromatic carbocycles. The molecule has 4 nitrogen and oxygen atoms in total. The third kappa shape index (κ3) is 2.73. The van der Waals surface area contributed by atoms with Crippen molar-refractivity contribution in [1.82, 2.24) is 0 Å². The molecule has 20 heavy (non-hydrogen) atoms. The van der Waals surface area contributed by atoms with Crippen molar-refractivity contribution in [2.45, 2.75) is 6.92 Å². The summed E-state index contributed by atoms with van der Waals surface area (Å²) in [6.45, 7) is 1.82. The predicted molar refractivity (Wildman–Crippen MR) is 77.5 cm³/mol. The van der Waals surface area contributed by atoms with Gasteiger partial charge in [0.15, 0.2) is 5.78 Å². The van der Waals surface area contributed by atoms with Crippen molar-refractivity contribution in [1.29, 1.82) is 0 Å². The van der Waals surface area contributed by atoms with Crippen LogP contribution in [0.2, 0.25) is 0 Å². The molecular weight excluding hydrogens is 275 g/mol. The Labute approximate surface area is 117 Å². The largest absolute Gasteiger partial charge is 0.359 e. The number of carbonyl (C=O) groups is 1. The van der Waals surface area contributed by atoms with E-state index in [1.54, 1.807) is 24.3 Å². The lowest BCUT2D eigenvalue weighted by atomic mass is 9.99. The van der Waals surface area contributed by atoms with Crippen LogP contribution in [-0.2, 0) is 9.09 Å². The van der Waals surface area contributed by atoms with Crippen LogP contribution in [0, 0.1) is 6.92 Å². The van der Waals surface area contributed by atoms with Crippen LogP contribution in [-0.4, -0.2) is 17.8 Å². The fraction of sp³-hybridized carbons (Fsp3) is 0.133. The van der Waals surface area contributed by atoms with Gasteiger partial charge in [-0.05, 0) is 18.6 Å². The molecule has 5 heteroatoms. The molecule has 0 saturated carbocycles. The van der Waals surface area contributed by atoms with E-state index in [-0.39, 0.29) is 16.7 Å². The monoisotopic (exact) mass is 290 g/mol. The number of hydrogen-bond acceptors (Lipinski definition) is 3. The Morgan fingerprint density at radius 1 is 1.05 bits per heavy atom. The second-order valence-electron chi connectivity index (χ2n) is 4.36. The third-order valence-corrected chi connectivity index (χ3v) is 4.58. The highest BCUT2D eigenvalue weighted by atomic mass is 31.2. The highest BCUT2D eigenvalue weighted by Crippen LogP contribution is 2.40. The first kappa shape index (κ1) is 14.7. The molecule has 1 N–H and O–H groups in total. The van der Waals surface area contributed by atoms with Crippen LogP contribution < -0.4 is 5.30 Å². The minimum absolute atomic E-state index is 0.0238. The highest BCUT2D eigenvalue weighted by Gasteiger charge is 2.27. The molecule has 0 amide bonds. The second-order valence-corrected chi connectivity index (χ2v) is 6.25. The normalized spacial score (nSPS) is 13.8. The molecule has 0 spiro atoms. The van der Waals surface area contributed by atoms with Crippen LogP contribution in [0.4, 0.5) is 0 Å². The smallest absolute Gasteiger partial charge is 0.321 e. The average Bonchev–Trinajstić information content (AvgIpc) is 2.47. The van der Waals surface area contributed by atoms with Crippen LogP contribution in [0.5, 0.6) is 0 Å². The van der Waals surface area contributed by atoms with Crippen LogP contribution in [0.15, 0.2) is 48.5 Å². The quantitative estimate of drug-likeness (QED) is 0.694. The number of aryl methyl sites for hydroxylation is 1. The third-order valence-electron chi connectivity index (χ3n) is 3.09. The molecule has 0 bridgehead atoms. The summed E-state index contributed by atoms with van der Waals surface area (Å²) in [6.07, 6.45) is 0. The van der Waals surface area contributed by atoms with Gasteiger partial charge in [-0.25, -0.2) is 0 Å². The van der Waals surface area contributed by atoms with Crippen LogP contribution in [0.3, 0.4) is 0 Å². The van der Waals surface area contributed by atoms with Crippen molar-refractivity contribution in [3.8, 4) is 0 Å². The second kappa shape index (κ2) is 5.71. The topological polar surface area (TPSA) is 63.6 Å². The van der Waals surface area contributed by atoms with Crippen molar-refractivity contribution < 1.29 is 18.8 Å². The van der Waals surface area contributed by atoms with Crippen LogP contribution >= 0.6 is 7.60 Å². The molecule has 0 radical (unpaired) electrons. The van der Waals surface area contributed by atoms with Gasteiger partial charge in [0.25, 0.3) is 0 Å². The summed E-state index contributed by atoms with van der Waals surface area (Å²) < 4.78 is 16.6. The van der Waals surface area contributed by atoms with Gasteiger partial charge in [0, 0.05) is 18.2 Å². The summed E-state index contributed by atoms with van der Waals surface area (Å²) >= 11 is 0. The van der Waals surface area contributed by atoms with Crippen molar-refractivity contribution >= 4 is 18.7 Å². The number of ketones is 1. The fourth-order valence-corrected chi connectivity index (χ4v) is 2.93. The van der Waals surface area contributed by atoms with Crippen molar-refractivity contribution in [2.75, 3.05) is 7.11 Å². The summed E-state index contributed by atoms with van der Waals surface area (Å²) in [5, 5.41) is 0.0238. The Morgan fingerprint density at radius 2 is 1.60 bits per heavy atom. The van der Waals surface area contributed by atoms with E-state index < -0.39 is 7.60 Å². The van der Waals surface area contributed by atoms with Gasteiger partial charge < -0.3 is 9.42 Å². The maximum atomic E-state index is 12.6. The van der Waals surface area contributed by atoms with Gasteiger partial charge in [-0.2, -0.15) is 0 Å². The molecule has 0 aliphatic heterocycles. The van der Waals surface area contributed by atoms with Crippen molar-refractivity contribution in [2.24, 2.45) is 0 Å². The standard InChI is InChI=1S/C15H15O4P/c1-11-7-3-4-8-12(11)15(16)13-9-5-6-10-14(13)20(17,18)19-2/h3-10H,1-2H3,(H,17,18). The molecule has 1 unspecified atom stereocenters. The zero-order valence-electron chi connectivity index (χ0n) is 11.2. The molecule has 1 atom stereocenters. The molecule has 0 aliphatic rings. The van der Waals surface area contributed by atoms with Gasteiger partial charge in [-0.3, -0.25) is 9.36 Å². The Balaban J connectivity index is 2.57. The van der Waals surface area contributed by atoms with E-state index in [2.05, 4.69) is 4.52 Å². The molecule has 0 aliphatic carbocycles. The number of carbonyl (C=O) groups excluding carboxylic acids is 1. The minimum atomic E-state index is -3.97. The van der Waals surface area contributed by atoms with Gasteiger partial charge in [0.1, 0.15) is 0 Å². The number of rotatable bonds is 4. The molecule has 104 valence electrons. The molecule has 2 aromatic rings. The lowest BCUT2D eigenvalue weighted by Gasteiger charge is -2.13. The summed E-state index contributed by atoms with van der Waals surface area (Å²) in [7, 11) is -2.83. The highest BCUT2D eigenvalue weighted by molar-refractivity contribution is 7.61. The Hall–Kier alpha value is -1.74. The molecule has 2 rings (SSSR count). The first-order chi connectivity index (χ1) is 9.47. The minimum Gasteiger partial charge on any atom is -0.321 e. The predicted octanol–water partition coefficient (Wildman–Crippen LogP) is 2.68. The molecule has 0 saturated heterocycles. The Morgan fingerprint density at radius 3 is 2.20 bits per heavy atom. The van der Waals surface area contributed by atoms with E-state index in [0.29, 0.717) is 5.56 Å². The SMILES string of the molecule is COP(=O)(O)c1ccccc1C(=O)c1ccccc1C. The summed E-state index contributed by atoms with van der Waals surface area (Å²) in [6, 6.07) is 13.4. The Kier molecular flexibility index (Phi) is 4.19. The summed E-state index contributed by atoms with van der Waals surface area (Å²) in [4.78, 5) is 22.4. The van der Waals surface area contributed by atoms with Gasteiger partial charge in [0.05, 0.1) is 5.30 Å². The average molecular weight is 290 g/mol. The molecule has 0 aromatic heterocycles. The van der Waals surface area contributed by atoms with Gasteiger partial charge in [0.2, 0.25) is 0 Å². The summed E-state index contributed by atoms with van der Waals surface area (Å²) in [5.41, 5.74) is 1.52. The number of benzene rings is 2. The van der Waals surface area contributed by atoms with E-state index in [1.807, 2.05) is 19.1 Å². The maximum Gasteiger partial charge on any atom is 0.359 e. The van der Waals surface area contributed by atoms with Gasteiger partial charge >= 0.3 is 7.60 Å². The van der Waals surface area contributed by atoms with Crippen LogP contribution in [0.25, 0.3) is 0 Å². The zero-order valence-corrected chi connectivity index (χ0v) is 12.1. The van der Waals surface area contributed by atoms with E-state index >= 15 is 0 Å². The fourth-order valence-electron chi connectivity index (χ4n) is 1.98. The Bertz CT molecular complexity index is 694. The van der Waals surface area contributed by atoms with E-state index in [4.69, 9.17) is 0 Å². The van der Waals surface area contributed by atoms with E-state index in [1.165, 1.54) is 12.1 Å². The lowest BCUT2D eigenvalue weighted by Crippen LogP contribution is -2.18. The first-order valence-corrected chi connectivity index (χ1v) is 7.63. The molecular formula is C15H15O4P. The van der Waals surface area contributed by atoms with E-state index in [0.717, 1.165) is 12.7 Å². The number of hydrogen-bond donors (Lipinski definition) is 1. The maximum absolute atomic E-state index is 12.6. The van der Waals surface area contributed by atoms with Crippen LogP contribution in [0.1, 0.15) is 21.5 Å². The summed E-state index contributed by atoms with van der Waals surface area (Å²) in [5.74, 6) is -0.287. The molecule has 0 fully saturated rings. The van der Waals surface area contributed by atoms with E-state index in [9.17, 15) is 14.3 Å². The zero-order chi connectivity index (χ0) is 14.8. The lowest BCUT2D eigenvalue weighted by molar-refractivity contribution is 0.103. The molecule has 0 heterocycles.